The van der Waals surface area contributed by atoms with E-state index in [1.54, 1.807) is 7.11 Å². The molecule has 0 saturated heterocycles. The summed E-state index contributed by atoms with van der Waals surface area (Å²) in [5, 5.41) is 0. The summed E-state index contributed by atoms with van der Waals surface area (Å²) >= 11 is 0. The van der Waals surface area contributed by atoms with Gasteiger partial charge in [0.25, 0.3) is 0 Å². The van der Waals surface area contributed by atoms with E-state index in [-0.39, 0.29) is 5.54 Å². The molecule has 18 heavy (non-hydrogen) atoms. The van der Waals surface area contributed by atoms with Gasteiger partial charge in [-0.25, -0.2) is 0 Å². The Balaban J connectivity index is 2.21. The van der Waals surface area contributed by atoms with Crippen LogP contribution in [-0.4, -0.2) is 32.3 Å². The van der Waals surface area contributed by atoms with Crippen molar-refractivity contribution in [2.75, 3.05) is 25.6 Å². The third-order valence-corrected chi connectivity index (χ3v) is 4.34. The van der Waals surface area contributed by atoms with Crippen LogP contribution in [0.15, 0.2) is 30.3 Å². The highest BCUT2D eigenvalue weighted by Gasteiger charge is 2.38. The van der Waals surface area contributed by atoms with Gasteiger partial charge in [-0.1, -0.05) is 18.2 Å². The van der Waals surface area contributed by atoms with Crippen LogP contribution in [0.25, 0.3) is 0 Å². The quantitative estimate of drug-likeness (QED) is 0.889. The van der Waals surface area contributed by atoms with E-state index in [0.29, 0.717) is 12.6 Å². The first kappa shape index (κ1) is 13.4. The number of ether oxygens (including phenoxy) is 1. The number of hydrogen-bond donors (Lipinski definition) is 1. The maximum atomic E-state index is 6.10. The molecular weight excluding hydrogens is 224 g/mol. The predicted molar refractivity (Wildman–Crippen MR) is 75.9 cm³/mol. The Morgan fingerprint density at radius 1 is 1.39 bits per heavy atom. The lowest BCUT2D eigenvalue weighted by atomic mass is 9.78. The molecule has 1 aromatic rings. The lowest BCUT2D eigenvalue weighted by Gasteiger charge is -2.47. The molecule has 1 saturated carbocycles. The number of rotatable bonds is 4. The Hall–Kier alpha value is -1.06. The SMILES string of the molecule is COC1CCCC(CN)(N(C)c2ccccc2)C1. The summed E-state index contributed by atoms with van der Waals surface area (Å²) in [6, 6.07) is 10.5. The molecule has 2 atom stereocenters. The maximum absolute atomic E-state index is 6.10. The minimum absolute atomic E-state index is 0.0419. The fourth-order valence-corrected chi connectivity index (χ4v) is 3.04. The normalized spacial score (nSPS) is 28.1. The van der Waals surface area contributed by atoms with E-state index in [0.717, 1.165) is 19.3 Å². The minimum Gasteiger partial charge on any atom is -0.381 e. The van der Waals surface area contributed by atoms with E-state index in [1.807, 2.05) is 6.07 Å². The fourth-order valence-electron chi connectivity index (χ4n) is 3.04. The van der Waals surface area contributed by atoms with E-state index in [9.17, 15) is 0 Å². The molecule has 1 aliphatic carbocycles. The van der Waals surface area contributed by atoms with Gasteiger partial charge in [0.1, 0.15) is 0 Å². The topological polar surface area (TPSA) is 38.5 Å². The molecule has 100 valence electrons. The summed E-state index contributed by atoms with van der Waals surface area (Å²) in [6.07, 6.45) is 4.85. The van der Waals surface area contributed by atoms with E-state index in [4.69, 9.17) is 10.5 Å². The van der Waals surface area contributed by atoms with Gasteiger partial charge < -0.3 is 15.4 Å². The Morgan fingerprint density at radius 3 is 2.72 bits per heavy atom. The van der Waals surface area contributed by atoms with Gasteiger partial charge in [-0.3, -0.25) is 0 Å². The van der Waals surface area contributed by atoms with Crippen LogP contribution in [0.3, 0.4) is 0 Å². The molecule has 0 spiro atoms. The number of nitrogens with zero attached hydrogens (tertiary/aromatic N) is 1. The maximum Gasteiger partial charge on any atom is 0.0594 e. The van der Waals surface area contributed by atoms with Crippen molar-refractivity contribution in [2.45, 2.75) is 37.3 Å². The van der Waals surface area contributed by atoms with Gasteiger partial charge >= 0.3 is 0 Å². The Bertz CT molecular complexity index is 368. The van der Waals surface area contributed by atoms with Crippen LogP contribution in [0.4, 0.5) is 5.69 Å². The highest BCUT2D eigenvalue weighted by Crippen LogP contribution is 2.36. The van der Waals surface area contributed by atoms with Crippen molar-refractivity contribution in [3.63, 3.8) is 0 Å². The Labute approximate surface area is 110 Å². The van der Waals surface area contributed by atoms with Gasteiger partial charge in [-0.05, 0) is 37.8 Å². The van der Waals surface area contributed by atoms with Crippen molar-refractivity contribution in [1.82, 2.24) is 0 Å². The minimum atomic E-state index is 0.0419. The third kappa shape index (κ3) is 2.52. The van der Waals surface area contributed by atoms with Crippen LogP contribution in [-0.2, 0) is 4.74 Å². The largest absolute Gasteiger partial charge is 0.381 e. The van der Waals surface area contributed by atoms with E-state index < -0.39 is 0 Å². The van der Waals surface area contributed by atoms with Gasteiger partial charge in [0.15, 0.2) is 0 Å². The molecule has 3 heteroatoms. The second-order valence-corrected chi connectivity index (χ2v) is 5.28. The lowest BCUT2D eigenvalue weighted by molar-refractivity contribution is 0.0423. The molecule has 1 fully saturated rings. The van der Waals surface area contributed by atoms with Crippen LogP contribution >= 0.6 is 0 Å². The molecule has 0 aromatic heterocycles. The first-order valence-electron chi connectivity index (χ1n) is 6.73. The molecule has 3 nitrogen and oxygen atoms in total. The smallest absolute Gasteiger partial charge is 0.0594 e. The molecule has 1 aromatic carbocycles. The van der Waals surface area contributed by atoms with Crippen molar-refractivity contribution < 1.29 is 4.74 Å². The standard InChI is InChI=1S/C15H24N2O/c1-17(13-7-4-3-5-8-13)15(12-16)10-6-9-14(11-15)18-2/h3-5,7-8,14H,6,9-12,16H2,1-2H3. The zero-order chi connectivity index (χ0) is 13.0. The number of methoxy groups -OCH3 is 1. The Kier molecular flexibility index (Phi) is 4.25. The zero-order valence-corrected chi connectivity index (χ0v) is 11.4. The van der Waals surface area contributed by atoms with Crippen molar-refractivity contribution >= 4 is 5.69 Å². The van der Waals surface area contributed by atoms with Gasteiger partial charge in [0, 0.05) is 26.4 Å². The first-order chi connectivity index (χ1) is 8.72. The third-order valence-electron chi connectivity index (χ3n) is 4.34. The molecule has 0 radical (unpaired) electrons. The molecule has 2 N–H and O–H groups in total. The molecule has 1 aliphatic rings. The predicted octanol–water partition coefficient (Wildman–Crippen LogP) is 2.41. The van der Waals surface area contributed by atoms with Crippen molar-refractivity contribution in [3.8, 4) is 0 Å². The lowest BCUT2D eigenvalue weighted by Crippen LogP contribution is -2.56. The molecule has 0 amide bonds. The van der Waals surface area contributed by atoms with Gasteiger partial charge in [-0.2, -0.15) is 0 Å². The van der Waals surface area contributed by atoms with Crippen molar-refractivity contribution in [3.05, 3.63) is 30.3 Å². The fraction of sp³-hybridized carbons (Fsp3) is 0.600. The van der Waals surface area contributed by atoms with E-state index in [1.165, 1.54) is 12.1 Å². The summed E-state index contributed by atoms with van der Waals surface area (Å²) in [5.41, 5.74) is 7.37. The summed E-state index contributed by atoms with van der Waals surface area (Å²) in [5.74, 6) is 0. The number of nitrogens with two attached hydrogens (primary N) is 1. The number of anilines is 1. The number of para-hydroxylation sites is 1. The second-order valence-electron chi connectivity index (χ2n) is 5.28. The highest BCUT2D eigenvalue weighted by molar-refractivity contribution is 5.48. The van der Waals surface area contributed by atoms with Crippen LogP contribution in [0.1, 0.15) is 25.7 Å². The molecule has 0 heterocycles. The van der Waals surface area contributed by atoms with E-state index >= 15 is 0 Å². The summed E-state index contributed by atoms with van der Waals surface area (Å²) < 4.78 is 5.55. The molecule has 2 rings (SSSR count). The van der Waals surface area contributed by atoms with Crippen molar-refractivity contribution in [2.24, 2.45) is 5.73 Å². The summed E-state index contributed by atoms with van der Waals surface area (Å²) in [4.78, 5) is 2.35. The summed E-state index contributed by atoms with van der Waals surface area (Å²) in [6.45, 7) is 0.679. The molecular formula is C15H24N2O. The molecule has 0 aliphatic heterocycles. The van der Waals surface area contributed by atoms with Crippen LogP contribution in [0.5, 0.6) is 0 Å². The highest BCUT2D eigenvalue weighted by atomic mass is 16.5. The van der Waals surface area contributed by atoms with Crippen LogP contribution in [0.2, 0.25) is 0 Å². The average Bonchev–Trinajstić information content (AvgIpc) is 2.47. The molecule has 2 unspecified atom stereocenters. The van der Waals surface area contributed by atoms with Crippen LogP contribution in [0, 0.1) is 0 Å². The number of hydrogen-bond acceptors (Lipinski definition) is 3. The van der Waals surface area contributed by atoms with Crippen LogP contribution < -0.4 is 10.6 Å². The van der Waals surface area contributed by atoms with Gasteiger partial charge in [0.2, 0.25) is 0 Å². The zero-order valence-electron chi connectivity index (χ0n) is 11.4. The monoisotopic (exact) mass is 248 g/mol. The summed E-state index contributed by atoms with van der Waals surface area (Å²) in [7, 11) is 3.96. The average molecular weight is 248 g/mol. The Morgan fingerprint density at radius 2 is 2.11 bits per heavy atom. The number of benzene rings is 1. The molecule has 0 bridgehead atoms. The van der Waals surface area contributed by atoms with Gasteiger partial charge in [-0.15, -0.1) is 0 Å². The first-order valence-corrected chi connectivity index (χ1v) is 6.73. The van der Waals surface area contributed by atoms with E-state index in [2.05, 4.69) is 36.2 Å². The van der Waals surface area contributed by atoms with Crippen molar-refractivity contribution in [1.29, 1.82) is 0 Å². The van der Waals surface area contributed by atoms with Gasteiger partial charge in [0.05, 0.1) is 11.6 Å². The second kappa shape index (κ2) is 5.72. The number of likely N-dealkylation sites (N-methyl/N-ethyl adjacent to an activating group) is 1.